The van der Waals surface area contributed by atoms with Crippen LogP contribution in [-0.4, -0.2) is 32.4 Å². The molecule has 0 saturated heterocycles. The van der Waals surface area contributed by atoms with Crippen LogP contribution in [0.2, 0.25) is 0 Å². The second kappa shape index (κ2) is 8.83. The van der Waals surface area contributed by atoms with Crippen molar-refractivity contribution in [2.75, 3.05) is 16.8 Å². The summed E-state index contributed by atoms with van der Waals surface area (Å²) in [5.41, 5.74) is 0.712. The summed E-state index contributed by atoms with van der Waals surface area (Å²) in [6.07, 6.45) is -4.59. The van der Waals surface area contributed by atoms with Crippen molar-refractivity contribution >= 4 is 23.6 Å². The van der Waals surface area contributed by atoms with E-state index in [1.807, 2.05) is 6.07 Å². The number of rotatable bonds is 5. The summed E-state index contributed by atoms with van der Waals surface area (Å²) in [4.78, 5) is 16.7. The molecule has 0 fully saturated rings. The van der Waals surface area contributed by atoms with Crippen molar-refractivity contribution in [2.24, 2.45) is 0 Å². The van der Waals surface area contributed by atoms with Crippen molar-refractivity contribution in [3.63, 3.8) is 0 Å². The van der Waals surface area contributed by atoms with Gasteiger partial charge in [-0.3, -0.25) is 9.69 Å². The van der Waals surface area contributed by atoms with E-state index in [1.54, 1.807) is 31.2 Å². The molecular formula is C23H16F3N7O2. The Hall–Kier alpha value is -4.84. The fraction of sp³-hybridized carbons (Fsp3) is 0.174. The molecule has 1 aliphatic heterocycles. The Morgan fingerprint density at radius 2 is 1.89 bits per heavy atom. The summed E-state index contributed by atoms with van der Waals surface area (Å²) >= 11 is 0. The van der Waals surface area contributed by atoms with E-state index in [0.717, 1.165) is 12.1 Å². The Labute approximate surface area is 197 Å². The van der Waals surface area contributed by atoms with Crippen LogP contribution in [0.5, 0.6) is 0 Å². The fourth-order valence-corrected chi connectivity index (χ4v) is 3.78. The number of nitrogens with one attached hydrogen (secondary N) is 1. The number of hydrogen-bond donors (Lipinski definition) is 2. The van der Waals surface area contributed by atoms with E-state index in [1.165, 1.54) is 21.7 Å². The van der Waals surface area contributed by atoms with Gasteiger partial charge in [0.15, 0.2) is 0 Å². The third-order valence-electron chi connectivity index (χ3n) is 5.36. The van der Waals surface area contributed by atoms with E-state index in [2.05, 4.69) is 21.5 Å². The van der Waals surface area contributed by atoms with Crippen LogP contribution in [0.25, 0.3) is 0 Å². The highest BCUT2D eigenvalue weighted by molar-refractivity contribution is 5.73. The van der Waals surface area contributed by atoms with Crippen molar-refractivity contribution < 1.29 is 23.1 Å². The van der Waals surface area contributed by atoms with Crippen molar-refractivity contribution in [2.45, 2.75) is 19.1 Å². The molecule has 0 saturated carbocycles. The minimum Gasteiger partial charge on any atom is -0.480 e. The standard InChI is InChI=1S/C23H16F3N7O2/c1-13-18(11-28)20(15-7-5-14(10-27)6-8-15)33-22(30-21(31-33)29-12-19(34)35)32(13)17-4-2-3-16(9-17)23(24,25)26/h2-9,20H,12H2,1H3,(H,29,31)(H,34,35). The van der Waals surface area contributed by atoms with Crippen LogP contribution in [0.15, 0.2) is 59.8 Å². The van der Waals surface area contributed by atoms with Gasteiger partial charge in [-0.05, 0) is 42.8 Å². The van der Waals surface area contributed by atoms with Crippen LogP contribution in [-0.2, 0) is 11.0 Å². The number of carboxylic acids is 1. The average Bonchev–Trinajstić information content (AvgIpc) is 3.25. The van der Waals surface area contributed by atoms with Crippen LogP contribution in [0.1, 0.15) is 29.7 Å². The summed E-state index contributed by atoms with van der Waals surface area (Å²) < 4.78 is 41.5. The quantitative estimate of drug-likeness (QED) is 0.557. The number of fused-ring (bicyclic) bond motifs is 1. The molecule has 2 N–H and O–H groups in total. The highest BCUT2D eigenvalue weighted by atomic mass is 19.4. The van der Waals surface area contributed by atoms with Crippen LogP contribution in [0, 0.1) is 22.7 Å². The molecule has 176 valence electrons. The van der Waals surface area contributed by atoms with Gasteiger partial charge in [0.1, 0.15) is 12.6 Å². The fourth-order valence-electron chi connectivity index (χ4n) is 3.78. The molecule has 0 radical (unpaired) electrons. The number of anilines is 3. The third-order valence-corrected chi connectivity index (χ3v) is 5.36. The molecule has 3 aromatic rings. The van der Waals surface area contributed by atoms with Gasteiger partial charge in [-0.15, -0.1) is 5.10 Å². The Morgan fingerprint density at radius 1 is 1.17 bits per heavy atom. The second-order valence-corrected chi connectivity index (χ2v) is 7.56. The van der Waals surface area contributed by atoms with Gasteiger partial charge in [0.2, 0.25) is 11.9 Å². The molecule has 2 aromatic carbocycles. The number of hydrogen-bond acceptors (Lipinski definition) is 7. The first-order chi connectivity index (χ1) is 16.6. The maximum atomic E-state index is 13.4. The lowest BCUT2D eigenvalue weighted by molar-refractivity contribution is -0.137. The SMILES string of the molecule is CC1=C(C#N)C(c2ccc(C#N)cc2)n2nc(NCC(=O)O)nc2N1c1cccc(C(F)(F)F)c1. The van der Waals surface area contributed by atoms with E-state index in [9.17, 15) is 23.2 Å². The van der Waals surface area contributed by atoms with Crippen LogP contribution >= 0.6 is 0 Å². The number of aromatic nitrogens is 3. The molecule has 35 heavy (non-hydrogen) atoms. The summed E-state index contributed by atoms with van der Waals surface area (Å²) in [6, 6.07) is 14.3. The number of aliphatic carboxylic acids is 1. The van der Waals surface area contributed by atoms with E-state index in [4.69, 9.17) is 10.4 Å². The maximum Gasteiger partial charge on any atom is 0.416 e. The number of carbonyl (C=O) groups is 1. The molecule has 2 heterocycles. The third kappa shape index (κ3) is 4.37. The van der Waals surface area contributed by atoms with Crippen LogP contribution < -0.4 is 10.2 Å². The molecule has 1 atom stereocenters. The average molecular weight is 479 g/mol. The van der Waals surface area contributed by atoms with Gasteiger partial charge in [-0.25, -0.2) is 4.68 Å². The lowest BCUT2D eigenvalue weighted by atomic mass is 9.95. The smallest absolute Gasteiger partial charge is 0.416 e. The van der Waals surface area contributed by atoms with Crippen LogP contribution in [0.3, 0.4) is 0 Å². The molecule has 0 aliphatic carbocycles. The molecule has 0 spiro atoms. The maximum absolute atomic E-state index is 13.4. The monoisotopic (exact) mass is 479 g/mol. The molecular weight excluding hydrogens is 463 g/mol. The summed E-state index contributed by atoms with van der Waals surface area (Å²) in [5, 5.41) is 35.0. The molecule has 4 rings (SSSR count). The lowest BCUT2D eigenvalue weighted by Crippen LogP contribution is -2.31. The van der Waals surface area contributed by atoms with Gasteiger partial charge in [0.25, 0.3) is 0 Å². The Bertz CT molecular complexity index is 1410. The highest BCUT2D eigenvalue weighted by Gasteiger charge is 2.37. The molecule has 1 aliphatic rings. The van der Waals surface area contributed by atoms with Crippen molar-refractivity contribution in [3.8, 4) is 12.1 Å². The number of nitrogens with zero attached hydrogens (tertiary/aromatic N) is 6. The van der Waals surface area contributed by atoms with Gasteiger partial charge in [-0.1, -0.05) is 18.2 Å². The first kappa shape index (κ1) is 23.3. The molecule has 0 bridgehead atoms. The molecule has 1 aromatic heterocycles. The summed E-state index contributed by atoms with van der Waals surface area (Å²) in [7, 11) is 0. The minimum atomic E-state index is -4.59. The van der Waals surface area contributed by atoms with Gasteiger partial charge in [0, 0.05) is 11.4 Å². The largest absolute Gasteiger partial charge is 0.480 e. The molecule has 12 heteroatoms. The van der Waals surface area contributed by atoms with Crippen molar-refractivity contribution in [1.82, 2.24) is 14.8 Å². The Morgan fingerprint density at radius 3 is 2.49 bits per heavy atom. The summed E-state index contributed by atoms with van der Waals surface area (Å²) in [6.45, 7) is 1.09. The zero-order valence-corrected chi connectivity index (χ0v) is 18.1. The predicted molar refractivity (Wildman–Crippen MR) is 117 cm³/mol. The zero-order valence-electron chi connectivity index (χ0n) is 18.1. The summed E-state index contributed by atoms with van der Waals surface area (Å²) in [5.74, 6) is -1.16. The van der Waals surface area contributed by atoms with Gasteiger partial charge in [0.05, 0.1) is 28.8 Å². The number of nitriles is 2. The number of benzene rings is 2. The number of halogens is 3. The van der Waals surface area contributed by atoms with Gasteiger partial charge < -0.3 is 10.4 Å². The van der Waals surface area contributed by atoms with Crippen molar-refractivity contribution in [1.29, 1.82) is 10.5 Å². The topological polar surface area (TPSA) is 131 Å². The first-order valence-electron chi connectivity index (χ1n) is 10.1. The molecule has 1 unspecified atom stereocenters. The van der Waals surface area contributed by atoms with E-state index in [-0.39, 0.29) is 23.2 Å². The highest BCUT2D eigenvalue weighted by Crippen LogP contribution is 2.43. The van der Waals surface area contributed by atoms with Gasteiger partial charge in [-0.2, -0.15) is 28.7 Å². The molecule has 0 amide bonds. The van der Waals surface area contributed by atoms with E-state index >= 15 is 0 Å². The number of alkyl halides is 3. The van der Waals surface area contributed by atoms with E-state index in [0.29, 0.717) is 16.8 Å². The molecule has 9 nitrogen and oxygen atoms in total. The van der Waals surface area contributed by atoms with Gasteiger partial charge >= 0.3 is 12.1 Å². The van der Waals surface area contributed by atoms with Crippen molar-refractivity contribution in [3.05, 3.63) is 76.5 Å². The van der Waals surface area contributed by atoms with Crippen LogP contribution in [0.4, 0.5) is 30.8 Å². The predicted octanol–water partition coefficient (Wildman–Crippen LogP) is 4.20. The number of allylic oxidation sites excluding steroid dienone is 2. The Kier molecular flexibility index (Phi) is 5.89. The Balaban J connectivity index is 1.92. The second-order valence-electron chi connectivity index (χ2n) is 7.56. The lowest BCUT2D eigenvalue weighted by Gasteiger charge is -2.34. The van der Waals surface area contributed by atoms with E-state index < -0.39 is 30.3 Å². The first-order valence-corrected chi connectivity index (χ1v) is 10.1. The zero-order chi connectivity index (χ0) is 25.3. The normalized spacial score (nSPS) is 15.3. The minimum absolute atomic E-state index is 0.0787. The number of carboxylic acid groups (broad SMARTS) is 1.